The molecule has 0 fully saturated rings. The molecule has 0 aliphatic rings. The molecule has 28 heavy (non-hydrogen) atoms. The summed E-state index contributed by atoms with van der Waals surface area (Å²) >= 11 is 0. The van der Waals surface area contributed by atoms with Crippen LogP contribution in [-0.4, -0.2) is 23.0 Å². The molecule has 7 heteroatoms. The van der Waals surface area contributed by atoms with Crippen LogP contribution in [0.15, 0.2) is 54.7 Å². The molecule has 6 nitrogen and oxygen atoms in total. The maximum Gasteiger partial charge on any atom is 0.319 e. The summed E-state index contributed by atoms with van der Waals surface area (Å²) in [7, 11) is 0. The number of urea groups is 1. The number of fused-ring (bicyclic) bond motifs is 1. The second kappa shape index (κ2) is 9.80. The number of aryl methyl sites for hydroxylation is 1. The molecule has 1 aromatic heterocycles. The van der Waals surface area contributed by atoms with Gasteiger partial charge in [0.15, 0.2) is 0 Å². The number of nitrogens with one attached hydrogen (secondary N) is 3. The standard InChI is InChI=1S/C21H23N3O3.ClH/c1-14(7-8-17-5-3-4-6-20(17)27-15(2)25)23-21(26)24-18-10-9-16-11-12-22-19(16)13-18;/h3-6,9-14,22H,7-8H2,1-2H3,(H2,23,24,26);1H. The lowest BCUT2D eigenvalue weighted by Crippen LogP contribution is -2.36. The number of carbonyl (C=O) groups excluding carboxylic acids is 2. The van der Waals surface area contributed by atoms with E-state index in [0.717, 1.165) is 28.6 Å². The third kappa shape index (κ3) is 5.76. The Kier molecular flexibility index (Phi) is 7.46. The minimum absolute atomic E-state index is 0. The lowest BCUT2D eigenvalue weighted by Gasteiger charge is -2.16. The number of carbonyl (C=O) groups is 2. The van der Waals surface area contributed by atoms with Gasteiger partial charge in [0.05, 0.1) is 0 Å². The van der Waals surface area contributed by atoms with Crippen LogP contribution in [0, 0.1) is 0 Å². The molecule has 0 saturated heterocycles. The Labute approximate surface area is 170 Å². The van der Waals surface area contributed by atoms with Crippen molar-refractivity contribution in [1.82, 2.24) is 10.3 Å². The van der Waals surface area contributed by atoms with E-state index in [0.29, 0.717) is 12.2 Å². The largest absolute Gasteiger partial charge is 0.426 e. The minimum Gasteiger partial charge on any atom is -0.426 e. The molecule has 0 bridgehead atoms. The van der Waals surface area contributed by atoms with E-state index in [1.165, 1.54) is 6.92 Å². The smallest absolute Gasteiger partial charge is 0.319 e. The summed E-state index contributed by atoms with van der Waals surface area (Å²) in [6.45, 7) is 3.33. The van der Waals surface area contributed by atoms with E-state index in [9.17, 15) is 9.59 Å². The zero-order chi connectivity index (χ0) is 19.2. The Hall–Kier alpha value is -2.99. The van der Waals surface area contributed by atoms with Gasteiger partial charge in [-0.25, -0.2) is 4.79 Å². The average molecular weight is 402 g/mol. The number of hydrogen-bond donors (Lipinski definition) is 3. The Morgan fingerprint density at radius 3 is 2.71 bits per heavy atom. The fourth-order valence-electron chi connectivity index (χ4n) is 2.93. The van der Waals surface area contributed by atoms with Crippen molar-refractivity contribution in [1.29, 1.82) is 0 Å². The number of aromatic nitrogens is 1. The van der Waals surface area contributed by atoms with Gasteiger partial charge in [0.1, 0.15) is 5.75 Å². The van der Waals surface area contributed by atoms with Crippen LogP contribution in [0.25, 0.3) is 10.9 Å². The quantitative estimate of drug-likeness (QED) is 0.415. The van der Waals surface area contributed by atoms with Crippen LogP contribution in [0.4, 0.5) is 10.5 Å². The van der Waals surface area contributed by atoms with Crippen molar-refractivity contribution in [3.63, 3.8) is 0 Å². The minimum atomic E-state index is -0.341. The maximum atomic E-state index is 12.2. The molecule has 1 unspecified atom stereocenters. The predicted octanol–water partition coefficient (Wildman–Crippen LogP) is 4.66. The van der Waals surface area contributed by atoms with Crippen LogP contribution in [-0.2, 0) is 11.2 Å². The van der Waals surface area contributed by atoms with E-state index in [2.05, 4.69) is 15.6 Å². The molecule has 1 heterocycles. The van der Waals surface area contributed by atoms with E-state index in [-0.39, 0.29) is 30.4 Å². The monoisotopic (exact) mass is 401 g/mol. The molecule has 3 rings (SSSR count). The number of halogens is 1. The van der Waals surface area contributed by atoms with Gasteiger partial charge in [-0.05, 0) is 55.0 Å². The third-order valence-electron chi connectivity index (χ3n) is 4.26. The van der Waals surface area contributed by atoms with Crippen LogP contribution >= 0.6 is 12.4 Å². The van der Waals surface area contributed by atoms with E-state index >= 15 is 0 Å². The number of hydrogen-bond acceptors (Lipinski definition) is 3. The molecule has 3 aromatic rings. The number of H-pyrrole nitrogens is 1. The Morgan fingerprint density at radius 1 is 1.14 bits per heavy atom. The fraction of sp³-hybridized carbons (Fsp3) is 0.238. The summed E-state index contributed by atoms with van der Waals surface area (Å²) in [5.41, 5.74) is 2.65. The van der Waals surface area contributed by atoms with Crippen molar-refractivity contribution >= 4 is 41.0 Å². The summed E-state index contributed by atoms with van der Waals surface area (Å²) in [5, 5.41) is 6.88. The Balaban J connectivity index is 0.00000280. The Bertz CT molecular complexity index is 955. The van der Waals surface area contributed by atoms with E-state index in [1.54, 1.807) is 6.07 Å². The van der Waals surface area contributed by atoms with Crippen molar-refractivity contribution in [2.24, 2.45) is 0 Å². The number of aromatic amines is 1. The van der Waals surface area contributed by atoms with Gasteiger partial charge in [-0.15, -0.1) is 12.4 Å². The first-order valence-corrected chi connectivity index (χ1v) is 8.92. The zero-order valence-electron chi connectivity index (χ0n) is 15.8. The third-order valence-corrected chi connectivity index (χ3v) is 4.26. The summed E-state index contributed by atoms with van der Waals surface area (Å²) in [6.07, 6.45) is 3.28. The van der Waals surface area contributed by atoms with Crippen molar-refractivity contribution in [2.75, 3.05) is 5.32 Å². The maximum absolute atomic E-state index is 12.2. The molecule has 0 spiro atoms. The average Bonchev–Trinajstić information content (AvgIpc) is 3.08. The van der Waals surface area contributed by atoms with Crippen molar-refractivity contribution in [2.45, 2.75) is 32.7 Å². The van der Waals surface area contributed by atoms with Gasteiger partial charge in [0.2, 0.25) is 0 Å². The van der Waals surface area contributed by atoms with Gasteiger partial charge in [-0.1, -0.05) is 24.3 Å². The highest BCUT2D eigenvalue weighted by Gasteiger charge is 2.11. The predicted molar refractivity (Wildman–Crippen MR) is 113 cm³/mol. The normalized spacial score (nSPS) is 11.4. The van der Waals surface area contributed by atoms with Gasteiger partial charge in [0.25, 0.3) is 0 Å². The highest BCUT2D eigenvalue weighted by atomic mass is 35.5. The van der Waals surface area contributed by atoms with Crippen LogP contribution in [0.2, 0.25) is 0 Å². The van der Waals surface area contributed by atoms with Gasteiger partial charge in [0, 0.05) is 30.4 Å². The highest BCUT2D eigenvalue weighted by Crippen LogP contribution is 2.20. The first-order chi connectivity index (χ1) is 13.0. The molecular weight excluding hydrogens is 378 g/mol. The molecule has 0 radical (unpaired) electrons. The van der Waals surface area contributed by atoms with Crippen LogP contribution in [0.1, 0.15) is 25.8 Å². The van der Waals surface area contributed by atoms with Gasteiger partial charge in [-0.2, -0.15) is 0 Å². The number of benzene rings is 2. The van der Waals surface area contributed by atoms with Crippen LogP contribution in [0.3, 0.4) is 0 Å². The van der Waals surface area contributed by atoms with E-state index < -0.39 is 0 Å². The number of amides is 2. The zero-order valence-corrected chi connectivity index (χ0v) is 16.6. The number of ether oxygens (including phenoxy) is 1. The topological polar surface area (TPSA) is 83.2 Å². The SMILES string of the molecule is CC(=O)Oc1ccccc1CCC(C)NC(=O)Nc1ccc2cc[nH]c2c1.Cl. The lowest BCUT2D eigenvalue weighted by atomic mass is 10.1. The molecule has 1 atom stereocenters. The summed E-state index contributed by atoms with van der Waals surface area (Å²) in [5.74, 6) is 0.230. The Morgan fingerprint density at radius 2 is 1.93 bits per heavy atom. The summed E-state index contributed by atoms with van der Waals surface area (Å²) in [4.78, 5) is 26.5. The van der Waals surface area contributed by atoms with Gasteiger partial charge >= 0.3 is 12.0 Å². The van der Waals surface area contributed by atoms with E-state index in [1.807, 2.05) is 55.6 Å². The second-order valence-corrected chi connectivity index (χ2v) is 6.52. The number of para-hydroxylation sites is 1. The fourth-order valence-corrected chi connectivity index (χ4v) is 2.93. The van der Waals surface area contributed by atoms with Crippen molar-refractivity contribution in [3.8, 4) is 5.75 Å². The second-order valence-electron chi connectivity index (χ2n) is 6.52. The highest BCUT2D eigenvalue weighted by molar-refractivity contribution is 5.92. The number of rotatable bonds is 6. The first-order valence-electron chi connectivity index (χ1n) is 8.92. The van der Waals surface area contributed by atoms with Gasteiger partial charge in [-0.3, -0.25) is 4.79 Å². The van der Waals surface area contributed by atoms with Crippen molar-refractivity contribution < 1.29 is 14.3 Å². The van der Waals surface area contributed by atoms with Crippen LogP contribution in [0.5, 0.6) is 5.75 Å². The number of anilines is 1. The molecule has 0 aliphatic heterocycles. The van der Waals surface area contributed by atoms with Crippen LogP contribution < -0.4 is 15.4 Å². The number of esters is 1. The first kappa shape index (κ1) is 21.3. The molecule has 3 N–H and O–H groups in total. The summed E-state index contributed by atoms with van der Waals surface area (Å²) < 4.78 is 5.22. The lowest BCUT2D eigenvalue weighted by molar-refractivity contribution is -0.131. The van der Waals surface area contributed by atoms with Gasteiger partial charge < -0.3 is 20.4 Å². The molecule has 0 saturated carbocycles. The molecule has 2 amide bonds. The summed E-state index contributed by atoms with van der Waals surface area (Å²) in [6, 6.07) is 14.9. The van der Waals surface area contributed by atoms with Crippen molar-refractivity contribution in [3.05, 3.63) is 60.3 Å². The molecule has 148 valence electrons. The molecule has 0 aliphatic carbocycles. The van der Waals surface area contributed by atoms with E-state index in [4.69, 9.17) is 4.74 Å². The molecule has 2 aromatic carbocycles. The molecular formula is C21H24ClN3O3.